The monoisotopic (exact) mass is 253 g/mol. The van der Waals surface area contributed by atoms with Gasteiger partial charge in [0.05, 0.1) is 0 Å². The molecule has 2 N–H and O–H groups in total. The van der Waals surface area contributed by atoms with Gasteiger partial charge in [0.15, 0.2) is 0 Å². The summed E-state index contributed by atoms with van der Waals surface area (Å²) in [6.45, 7) is 8.15. The molecule has 1 saturated heterocycles. The molecule has 3 nitrogen and oxygen atoms in total. The van der Waals surface area contributed by atoms with Crippen LogP contribution in [-0.4, -0.2) is 54.6 Å². The van der Waals surface area contributed by atoms with Gasteiger partial charge in [-0.25, -0.2) is 0 Å². The molecule has 1 aliphatic carbocycles. The summed E-state index contributed by atoms with van der Waals surface area (Å²) in [4.78, 5) is 5.33. The smallest absolute Gasteiger partial charge is 0.0219 e. The van der Waals surface area contributed by atoms with Crippen LogP contribution in [0.3, 0.4) is 0 Å². The first-order valence-corrected chi connectivity index (χ1v) is 8.03. The van der Waals surface area contributed by atoms with Crippen LogP contribution in [0, 0.1) is 0 Å². The van der Waals surface area contributed by atoms with E-state index in [-0.39, 0.29) is 0 Å². The van der Waals surface area contributed by atoms with Crippen LogP contribution in [0.15, 0.2) is 0 Å². The summed E-state index contributed by atoms with van der Waals surface area (Å²) < 4.78 is 0. The lowest BCUT2D eigenvalue weighted by molar-refractivity contribution is 0.0893. The lowest BCUT2D eigenvalue weighted by Crippen LogP contribution is -2.52. The van der Waals surface area contributed by atoms with E-state index in [9.17, 15) is 0 Å². The maximum atomic E-state index is 5.97. The molecule has 1 heterocycles. The predicted octanol–water partition coefficient (Wildman–Crippen LogP) is 2.06. The van der Waals surface area contributed by atoms with Gasteiger partial charge in [0.1, 0.15) is 0 Å². The molecule has 2 fully saturated rings. The van der Waals surface area contributed by atoms with Gasteiger partial charge in [0.2, 0.25) is 0 Å². The molecule has 1 atom stereocenters. The van der Waals surface area contributed by atoms with Crippen molar-refractivity contribution in [3.05, 3.63) is 0 Å². The van der Waals surface area contributed by atoms with Crippen LogP contribution in [0.4, 0.5) is 0 Å². The van der Waals surface area contributed by atoms with E-state index in [0.717, 1.165) is 12.6 Å². The van der Waals surface area contributed by atoms with Crippen LogP contribution in [0.5, 0.6) is 0 Å². The third kappa shape index (κ3) is 4.22. The zero-order chi connectivity index (χ0) is 12.8. The average molecular weight is 253 g/mol. The fourth-order valence-electron chi connectivity index (χ4n) is 3.16. The van der Waals surface area contributed by atoms with E-state index in [1.807, 2.05) is 0 Å². The molecule has 0 amide bonds. The third-order valence-corrected chi connectivity index (χ3v) is 4.59. The van der Waals surface area contributed by atoms with Crippen LogP contribution in [0.2, 0.25) is 0 Å². The SMILES string of the molecule is CCCCCCC(CN)N1CCN(C2CC2)CC1. The minimum Gasteiger partial charge on any atom is -0.329 e. The minimum atomic E-state index is 0.642. The Bertz CT molecular complexity index is 220. The topological polar surface area (TPSA) is 32.5 Å². The van der Waals surface area contributed by atoms with E-state index in [1.54, 1.807) is 0 Å². The van der Waals surface area contributed by atoms with E-state index in [4.69, 9.17) is 5.73 Å². The highest BCUT2D eigenvalue weighted by atomic mass is 15.3. The van der Waals surface area contributed by atoms with Crippen molar-refractivity contribution in [2.45, 2.75) is 64.0 Å². The number of hydrogen-bond acceptors (Lipinski definition) is 3. The lowest BCUT2D eigenvalue weighted by Gasteiger charge is -2.39. The lowest BCUT2D eigenvalue weighted by atomic mass is 10.1. The molecule has 1 saturated carbocycles. The molecule has 3 heteroatoms. The second kappa shape index (κ2) is 7.46. The maximum absolute atomic E-state index is 5.97. The van der Waals surface area contributed by atoms with E-state index in [0.29, 0.717) is 6.04 Å². The van der Waals surface area contributed by atoms with Crippen molar-refractivity contribution in [1.82, 2.24) is 9.80 Å². The summed E-state index contributed by atoms with van der Waals surface area (Å²) in [5, 5.41) is 0. The van der Waals surface area contributed by atoms with Crippen molar-refractivity contribution in [1.29, 1.82) is 0 Å². The van der Waals surface area contributed by atoms with Crippen LogP contribution in [0.1, 0.15) is 51.9 Å². The van der Waals surface area contributed by atoms with Crippen molar-refractivity contribution in [2.24, 2.45) is 5.73 Å². The minimum absolute atomic E-state index is 0.642. The molecule has 0 aromatic carbocycles. The number of nitrogens with zero attached hydrogens (tertiary/aromatic N) is 2. The first-order valence-electron chi connectivity index (χ1n) is 8.03. The number of unbranched alkanes of at least 4 members (excludes halogenated alkanes) is 3. The standard InChI is InChI=1S/C15H31N3/c1-2-3-4-5-6-15(13-16)18-11-9-17(10-12-18)14-7-8-14/h14-15H,2-13,16H2,1H3. The summed E-state index contributed by atoms with van der Waals surface area (Å²) in [6.07, 6.45) is 9.64. The van der Waals surface area contributed by atoms with Crippen molar-refractivity contribution in [2.75, 3.05) is 32.7 Å². The highest BCUT2D eigenvalue weighted by Gasteiger charge is 2.32. The van der Waals surface area contributed by atoms with Crippen molar-refractivity contribution in [3.63, 3.8) is 0 Å². The molecule has 2 rings (SSSR count). The summed E-state index contributed by atoms with van der Waals surface area (Å²) >= 11 is 0. The summed E-state index contributed by atoms with van der Waals surface area (Å²) in [6, 6.07) is 1.58. The second-order valence-corrected chi connectivity index (χ2v) is 6.04. The van der Waals surface area contributed by atoms with E-state index in [1.165, 1.54) is 71.1 Å². The number of piperazine rings is 1. The van der Waals surface area contributed by atoms with Crippen LogP contribution in [-0.2, 0) is 0 Å². The Labute approximate surface area is 113 Å². The molecule has 0 bridgehead atoms. The van der Waals surface area contributed by atoms with Crippen LogP contribution >= 0.6 is 0 Å². The maximum Gasteiger partial charge on any atom is 0.0219 e. The van der Waals surface area contributed by atoms with Gasteiger partial charge in [0.25, 0.3) is 0 Å². The Morgan fingerprint density at radius 3 is 2.33 bits per heavy atom. The third-order valence-electron chi connectivity index (χ3n) is 4.59. The predicted molar refractivity (Wildman–Crippen MR) is 77.8 cm³/mol. The van der Waals surface area contributed by atoms with Gasteiger partial charge >= 0.3 is 0 Å². The molecule has 0 aromatic rings. The number of rotatable bonds is 8. The van der Waals surface area contributed by atoms with Crippen LogP contribution < -0.4 is 5.73 Å². The van der Waals surface area contributed by atoms with E-state index >= 15 is 0 Å². The van der Waals surface area contributed by atoms with Gasteiger partial charge in [0, 0.05) is 44.8 Å². The fourth-order valence-corrected chi connectivity index (χ4v) is 3.16. The van der Waals surface area contributed by atoms with Crippen molar-refractivity contribution >= 4 is 0 Å². The van der Waals surface area contributed by atoms with Gasteiger partial charge < -0.3 is 5.73 Å². The van der Waals surface area contributed by atoms with Gasteiger partial charge in [-0.2, -0.15) is 0 Å². The first-order chi connectivity index (χ1) is 8.85. The first kappa shape index (κ1) is 14.3. The zero-order valence-corrected chi connectivity index (χ0v) is 12.1. The molecular weight excluding hydrogens is 222 g/mol. The van der Waals surface area contributed by atoms with Crippen molar-refractivity contribution < 1.29 is 0 Å². The Balaban J connectivity index is 1.64. The zero-order valence-electron chi connectivity index (χ0n) is 12.1. The largest absolute Gasteiger partial charge is 0.329 e. The molecule has 18 heavy (non-hydrogen) atoms. The quantitative estimate of drug-likeness (QED) is 0.672. The molecule has 1 aliphatic heterocycles. The number of hydrogen-bond donors (Lipinski definition) is 1. The van der Waals surface area contributed by atoms with Gasteiger partial charge in [-0.05, 0) is 19.3 Å². The highest BCUT2D eigenvalue weighted by molar-refractivity contribution is 4.89. The van der Waals surface area contributed by atoms with E-state index in [2.05, 4.69) is 16.7 Å². The molecule has 106 valence electrons. The molecule has 0 aromatic heterocycles. The molecule has 2 aliphatic rings. The highest BCUT2D eigenvalue weighted by Crippen LogP contribution is 2.27. The Kier molecular flexibility index (Phi) is 5.93. The Hall–Kier alpha value is -0.120. The van der Waals surface area contributed by atoms with Gasteiger partial charge in [-0.3, -0.25) is 9.80 Å². The summed E-state index contributed by atoms with van der Waals surface area (Å²) in [5.74, 6) is 0. The van der Waals surface area contributed by atoms with Gasteiger partial charge in [-0.15, -0.1) is 0 Å². The van der Waals surface area contributed by atoms with E-state index < -0.39 is 0 Å². The van der Waals surface area contributed by atoms with Gasteiger partial charge in [-0.1, -0.05) is 32.6 Å². The normalized spacial score (nSPS) is 24.3. The Morgan fingerprint density at radius 1 is 1.06 bits per heavy atom. The molecular formula is C15H31N3. The molecule has 0 spiro atoms. The average Bonchev–Trinajstić information content (AvgIpc) is 3.24. The van der Waals surface area contributed by atoms with Crippen LogP contribution in [0.25, 0.3) is 0 Å². The fraction of sp³-hybridized carbons (Fsp3) is 1.00. The molecule has 0 radical (unpaired) electrons. The second-order valence-electron chi connectivity index (χ2n) is 6.04. The summed E-state index contributed by atoms with van der Waals surface area (Å²) in [7, 11) is 0. The summed E-state index contributed by atoms with van der Waals surface area (Å²) in [5.41, 5.74) is 5.97. The Morgan fingerprint density at radius 2 is 1.78 bits per heavy atom. The number of nitrogens with two attached hydrogens (primary N) is 1. The van der Waals surface area contributed by atoms with Crippen molar-refractivity contribution in [3.8, 4) is 0 Å². The molecule has 1 unspecified atom stereocenters.